The van der Waals surface area contributed by atoms with Crippen LogP contribution in [0.15, 0.2) is 48.6 Å². The lowest BCUT2D eigenvalue weighted by Crippen LogP contribution is -2.22. The number of hydrogen-bond donors (Lipinski definition) is 2. The van der Waals surface area contributed by atoms with Crippen LogP contribution >= 0.6 is 0 Å². The highest BCUT2D eigenvalue weighted by atomic mass is 16.5. The van der Waals surface area contributed by atoms with Crippen LogP contribution in [-0.2, 0) is 14.3 Å². The minimum Gasteiger partial charge on any atom is -0.396 e. The van der Waals surface area contributed by atoms with E-state index in [0.29, 0.717) is 12.8 Å². The lowest BCUT2D eigenvalue weighted by molar-refractivity contribution is -0.117. The van der Waals surface area contributed by atoms with Crippen molar-refractivity contribution in [1.29, 1.82) is 0 Å². The fraction of sp³-hybridized carbons (Fsp3) is 0.500. The second-order valence-corrected chi connectivity index (χ2v) is 5.56. The molecule has 0 aliphatic carbocycles. The van der Waals surface area contributed by atoms with Crippen molar-refractivity contribution in [2.24, 2.45) is 0 Å². The SMILES string of the molecule is CC=CC=CC(=O)CC(O)CCOC(CCO)CC(=O)C=CC=CC. The first-order valence-corrected chi connectivity index (χ1v) is 8.58. The van der Waals surface area contributed by atoms with Crippen molar-refractivity contribution in [3.8, 4) is 0 Å². The number of aliphatic hydroxyl groups is 2. The van der Waals surface area contributed by atoms with Crippen LogP contribution in [0.2, 0.25) is 0 Å². The summed E-state index contributed by atoms with van der Waals surface area (Å²) in [6, 6.07) is 0. The summed E-state index contributed by atoms with van der Waals surface area (Å²) < 4.78 is 5.58. The molecule has 0 heterocycles. The third-order valence-electron chi connectivity index (χ3n) is 3.29. The van der Waals surface area contributed by atoms with Crippen molar-refractivity contribution in [2.75, 3.05) is 13.2 Å². The van der Waals surface area contributed by atoms with E-state index in [2.05, 4.69) is 0 Å². The van der Waals surface area contributed by atoms with E-state index in [0.717, 1.165) is 0 Å². The molecule has 0 saturated carbocycles. The molecule has 0 spiro atoms. The first-order chi connectivity index (χ1) is 12.0. The zero-order chi connectivity index (χ0) is 18.9. The van der Waals surface area contributed by atoms with E-state index in [1.165, 1.54) is 12.2 Å². The van der Waals surface area contributed by atoms with Crippen LogP contribution in [0.3, 0.4) is 0 Å². The van der Waals surface area contributed by atoms with Gasteiger partial charge < -0.3 is 14.9 Å². The number of hydrogen-bond acceptors (Lipinski definition) is 5. The third-order valence-corrected chi connectivity index (χ3v) is 3.29. The Labute approximate surface area is 150 Å². The smallest absolute Gasteiger partial charge is 0.158 e. The highest BCUT2D eigenvalue weighted by molar-refractivity contribution is 5.90. The summed E-state index contributed by atoms with van der Waals surface area (Å²) in [7, 11) is 0. The monoisotopic (exact) mass is 350 g/mol. The topological polar surface area (TPSA) is 83.8 Å². The van der Waals surface area contributed by atoms with Gasteiger partial charge in [0.1, 0.15) is 0 Å². The van der Waals surface area contributed by atoms with Crippen LogP contribution in [0.25, 0.3) is 0 Å². The molecule has 25 heavy (non-hydrogen) atoms. The van der Waals surface area contributed by atoms with Crippen molar-refractivity contribution < 1.29 is 24.5 Å². The summed E-state index contributed by atoms with van der Waals surface area (Å²) >= 11 is 0. The molecular weight excluding hydrogens is 320 g/mol. The molecule has 0 aromatic carbocycles. The van der Waals surface area contributed by atoms with Crippen molar-refractivity contribution in [2.45, 2.75) is 51.7 Å². The molecule has 0 radical (unpaired) electrons. The van der Waals surface area contributed by atoms with Gasteiger partial charge in [-0.2, -0.15) is 0 Å². The van der Waals surface area contributed by atoms with Crippen molar-refractivity contribution >= 4 is 11.6 Å². The van der Waals surface area contributed by atoms with Gasteiger partial charge in [-0.1, -0.05) is 36.5 Å². The molecule has 0 aromatic heterocycles. The molecule has 0 saturated heterocycles. The van der Waals surface area contributed by atoms with Gasteiger partial charge in [0.2, 0.25) is 0 Å². The predicted molar refractivity (Wildman–Crippen MR) is 99.2 cm³/mol. The summed E-state index contributed by atoms with van der Waals surface area (Å²) in [5.74, 6) is -0.233. The Kier molecular flexibility index (Phi) is 14.6. The van der Waals surface area contributed by atoms with Gasteiger partial charge in [-0.25, -0.2) is 0 Å². The molecule has 0 aromatic rings. The minimum atomic E-state index is -0.789. The fourth-order valence-corrected chi connectivity index (χ4v) is 2.00. The average molecular weight is 350 g/mol. The summed E-state index contributed by atoms with van der Waals surface area (Å²) in [5, 5.41) is 18.9. The van der Waals surface area contributed by atoms with Gasteiger partial charge in [0.15, 0.2) is 11.6 Å². The Morgan fingerprint density at radius 2 is 1.48 bits per heavy atom. The lowest BCUT2D eigenvalue weighted by Gasteiger charge is -2.17. The predicted octanol–water partition coefficient (Wildman–Crippen LogP) is 2.69. The van der Waals surface area contributed by atoms with Crippen LogP contribution < -0.4 is 0 Å². The Morgan fingerprint density at radius 3 is 2.00 bits per heavy atom. The molecule has 0 aliphatic rings. The number of ether oxygens (including phenoxy) is 1. The summed E-state index contributed by atoms with van der Waals surface area (Å²) in [6.07, 6.45) is 13.0. The van der Waals surface area contributed by atoms with Crippen molar-refractivity contribution in [3.05, 3.63) is 48.6 Å². The maximum atomic E-state index is 11.8. The zero-order valence-corrected chi connectivity index (χ0v) is 15.1. The molecule has 140 valence electrons. The van der Waals surface area contributed by atoms with E-state index in [-0.39, 0.29) is 37.6 Å². The minimum absolute atomic E-state index is 0.0348. The van der Waals surface area contributed by atoms with Crippen LogP contribution in [0.1, 0.15) is 39.5 Å². The number of carbonyl (C=O) groups is 2. The fourth-order valence-electron chi connectivity index (χ4n) is 2.00. The number of rotatable bonds is 14. The Bertz CT molecular complexity index is 488. The van der Waals surface area contributed by atoms with Gasteiger partial charge in [-0.3, -0.25) is 9.59 Å². The first kappa shape index (κ1) is 23.2. The van der Waals surface area contributed by atoms with Gasteiger partial charge >= 0.3 is 0 Å². The molecule has 0 fully saturated rings. The molecule has 0 aliphatic heterocycles. The van der Waals surface area contributed by atoms with Crippen molar-refractivity contribution in [3.63, 3.8) is 0 Å². The number of carbonyl (C=O) groups excluding carboxylic acids is 2. The maximum absolute atomic E-state index is 11.8. The molecule has 5 nitrogen and oxygen atoms in total. The van der Waals surface area contributed by atoms with Crippen molar-refractivity contribution in [1.82, 2.24) is 0 Å². The van der Waals surface area contributed by atoms with Crippen LogP contribution in [0.5, 0.6) is 0 Å². The quantitative estimate of drug-likeness (QED) is 0.372. The average Bonchev–Trinajstić information content (AvgIpc) is 2.55. The highest BCUT2D eigenvalue weighted by Gasteiger charge is 2.14. The molecule has 2 N–H and O–H groups in total. The first-order valence-electron chi connectivity index (χ1n) is 8.58. The number of allylic oxidation sites excluding steroid dienone is 8. The molecule has 0 bridgehead atoms. The third kappa shape index (κ3) is 14.2. The number of ketones is 2. The van der Waals surface area contributed by atoms with Gasteiger partial charge in [-0.05, 0) is 38.8 Å². The Balaban J connectivity index is 4.21. The van der Waals surface area contributed by atoms with Gasteiger partial charge in [0.05, 0.1) is 12.2 Å². The molecule has 2 unspecified atom stereocenters. The van der Waals surface area contributed by atoms with Crippen LogP contribution in [0, 0.1) is 0 Å². The maximum Gasteiger partial charge on any atom is 0.158 e. The summed E-state index contributed by atoms with van der Waals surface area (Å²) in [6.45, 7) is 3.86. The van der Waals surface area contributed by atoms with Crippen LogP contribution in [0.4, 0.5) is 0 Å². The highest BCUT2D eigenvalue weighted by Crippen LogP contribution is 2.08. The van der Waals surface area contributed by atoms with Gasteiger partial charge in [0, 0.05) is 26.1 Å². The van der Waals surface area contributed by atoms with E-state index in [9.17, 15) is 14.7 Å². The number of aliphatic hydroxyl groups excluding tert-OH is 2. The normalized spacial score (nSPS) is 14.9. The van der Waals surface area contributed by atoms with E-state index < -0.39 is 12.2 Å². The van der Waals surface area contributed by atoms with E-state index in [4.69, 9.17) is 9.84 Å². The van der Waals surface area contributed by atoms with E-state index in [1.807, 2.05) is 26.0 Å². The standard InChI is InChI=1S/C20H30O5/c1-3-5-7-9-17(22)15-19(24)12-14-25-20(11-13-21)16-18(23)10-8-6-4-2/h3-10,19-21,24H,11-16H2,1-2H3. The summed E-state index contributed by atoms with van der Waals surface area (Å²) in [5.41, 5.74) is 0. The molecule has 0 rings (SSSR count). The van der Waals surface area contributed by atoms with Gasteiger partial charge in [0.25, 0.3) is 0 Å². The van der Waals surface area contributed by atoms with Crippen LogP contribution in [-0.4, -0.2) is 47.2 Å². The largest absolute Gasteiger partial charge is 0.396 e. The Morgan fingerprint density at radius 1 is 0.920 bits per heavy atom. The second kappa shape index (κ2) is 15.7. The van der Waals surface area contributed by atoms with E-state index in [1.54, 1.807) is 24.3 Å². The molecule has 2 atom stereocenters. The zero-order valence-electron chi connectivity index (χ0n) is 15.1. The lowest BCUT2D eigenvalue weighted by atomic mass is 10.1. The molecule has 0 amide bonds. The Hall–Kier alpha value is -1.82. The summed E-state index contributed by atoms with van der Waals surface area (Å²) in [4.78, 5) is 23.4. The van der Waals surface area contributed by atoms with Gasteiger partial charge in [-0.15, -0.1) is 0 Å². The second-order valence-electron chi connectivity index (χ2n) is 5.56. The van der Waals surface area contributed by atoms with E-state index >= 15 is 0 Å². The molecule has 5 heteroatoms. The molecular formula is C20H30O5.